The van der Waals surface area contributed by atoms with Gasteiger partial charge in [-0.3, -0.25) is 0 Å². The molecule has 0 aliphatic carbocycles. The minimum absolute atomic E-state index is 0.193. The first-order chi connectivity index (χ1) is 7.66. The molecule has 2 aromatic rings. The maximum absolute atomic E-state index is 12.9. The van der Waals surface area contributed by atoms with Crippen molar-refractivity contribution in [3.63, 3.8) is 0 Å². The fourth-order valence-electron chi connectivity index (χ4n) is 1.34. The molecule has 1 aromatic heterocycles. The van der Waals surface area contributed by atoms with Crippen LogP contribution in [0.5, 0.6) is 0 Å². The first-order valence-corrected chi connectivity index (χ1v) is 4.62. The van der Waals surface area contributed by atoms with Crippen molar-refractivity contribution in [3.05, 3.63) is 48.1 Å². The van der Waals surface area contributed by atoms with Crippen LogP contribution in [0.1, 0.15) is 11.7 Å². The van der Waals surface area contributed by atoms with Gasteiger partial charge in [0.15, 0.2) is 11.6 Å². The molecule has 1 N–H and O–H groups in total. The molecular weight excluding hydrogens is 216 g/mol. The van der Waals surface area contributed by atoms with Gasteiger partial charge in [0, 0.05) is 0 Å². The molecule has 0 bridgehead atoms. The van der Waals surface area contributed by atoms with Gasteiger partial charge in [-0.2, -0.15) is 0 Å². The summed E-state index contributed by atoms with van der Waals surface area (Å²) < 4.78 is 27.1. The number of rotatable bonds is 3. The zero-order valence-corrected chi connectivity index (χ0v) is 8.22. The zero-order valence-electron chi connectivity index (χ0n) is 8.22. The van der Waals surface area contributed by atoms with Crippen molar-refractivity contribution in [1.82, 2.24) is 14.8 Å². The van der Waals surface area contributed by atoms with Crippen LogP contribution in [0.4, 0.5) is 8.78 Å². The van der Waals surface area contributed by atoms with E-state index in [-0.39, 0.29) is 6.54 Å². The highest BCUT2D eigenvalue weighted by Crippen LogP contribution is 2.17. The fourth-order valence-corrected chi connectivity index (χ4v) is 1.34. The number of benzene rings is 1. The maximum Gasteiger partial charge on any atom is 0.159 e. The van der Waals surface area contributed by atoms with Gasteiger partial charge in [0.1, 0.15) is 12.7 Å². The predicted octanol–water partition coefficient (Wildman–Crippen LogP) is 1.29. The van der Waals surface area contributed by atoms with Gasteiger partial charge in [-0.15, -0.1) is 10.2 Å². The van der Waals surface area contributed by atoms with Gasteiger partial charge in [0.25, 0.3) is 0 Å². The van der Waals surface area contributed by atoms with Gasteiger partial charge in [-0.1, -0.05) is 6.07 Å². The van der Waals surface area contributed by atoms with Gasteiger partial charge >= 0.3 is 0 Å². The summed E-state index contributed by atoms with van der Waals surface area (Å²) in [7, 11) is 0. The number of hydrogen-bond donors (Lipinski definition) is 1. The van der Waals surface area contributed by atoms with Crippen molar-refractivity contribution in [1.29, 1.82) is 0 Å². The smallest absolute Gasteiger partial charge is 0.159 e. The largest absolute Gasteiger partial charge is 0.387 e. The second-order valence-electron chi connectivity index (χ2n) is 3.35. The average Bonchev–Trinajstić information content (AvgIpc) is 2.74. The number of halogens is 2. The lowest BCUT2D eigenvalue weighted by Crippen LogP contribution is -2.07. The fraction of sp³-hybridized carbons (Fsp3) is 0.200. The molecule has 1 aromatic carbocycles. The van der Waals surface area contributed by atoms with Crippen molar-refractivity contribution in [3.8, 4) is 0 Å². The lowest BCUT2D eigenvalue weighted by atomic mass is 10.1. The van der Waals surface area contributed by atoms with Gasteiger partial charge in [0.2, 0.25) is 0 Å². The molecule has 1 unspecified atom stereocenters. The summed E-state index contributed by atoms with van der Waals surface area (Å²) in [5, 5.41) is 16.9. The van der Waals surface area contributed by atoms with Crippen LogP contribution in [-0.4, -0.2) is 19.9 Å². The molecule has 6 heteroatoms. The van der Waals surface area contributed by atoms with Gasteiger partial charge in [0.05, 0.1) is 12.6 Å². The van der Waals surface area contributed by atoms with Crippen LogP contribution in [-0.2, 0) is 6.54 Å². The van der Waals surface area contributed by atoms with E-state index in [4.69, 9.17) is 0 Å². The molecule has 84 valence electrons. The number of nitrogens with zero attached hydrogens (tertiary/aromatic N) is 3. The molecule has 0 fully saturated rings. The molecule has 16 heavy (non-hydrogen) atoms. The highest BCUT2D eigenvalue weighted by Gasteiger charge is 2.11. The van der Waals surface area contributed by atoms with E-state index in [1.807, 2.05) is 0 Å². The Morgan fingerprint density at radius 2 is 1.88 bits per heavy atom. The predicted molar refractivity (Wildman–Crippen MR) is 51.3 cm³/mol. The van der Waals surface area contributed by atoms with Crippen LogP contribution in [0.3, 0.4) is 0 Å². The van der Waals surface area contributed by atoms with E-state index >= 15 is 0 Å². The van der Waals surface area contributed by atoms with Crippen molar-refractivity contribution in [2.45, 2.75) is 12.6 Å². The van der Waals surface area contributed by atoms with Crippen LogP contribution in [0.25, 0.3) is 0 Å². The highest BCUT2D eigenvalue weighted by molar-refractivity contribution is 5.19. The Labute approximate surface area is 90.2 Å². The van der Waals surface area contributed by atoms with Gasteiger partial charge in [-0.05, 0) is 17.7 Å². The van der Waals surface area contributed by atoms with E-state index in [9.17, 15) is 13.9 Å². The molecule has 1 atom stereocenters. The minimum atomic E-state index is -0.972. The molecule has 0 radical (unpaired) electrons. The third-order valence-corrected chi connectivity index (χ3v) is 2.18. The minimum Gasteiger partial charge on any atom is -0.387 e. The molecule has 0 aliphatic rings. The third kappa shape index (κ3) is 2.22. The molecule has 0 aliphatic heterocycles. The normalized spacial score (nSPS) is 12.7. The van der Waals surface area contributed by atoms with E-state index < -0.39 is 17.7 Å². The molecule has 2 rings (SSSR count). The van der Waals surface area contributed by atoms with Crippen LogP contribution in [0.15, 0.2) is 30.9 Å². The molecule has 0 amide bonds. The molecular formula is C10H9F2N3O. The van der Waals surface area contributed by atoms with E-state index in [0.29, 0.717) is 5.56 Å². The third-order valence-electron chi connectivity index (χ3n) is 2.18. The SMILES string of the molecule is OC(Cn1cnnc1)c1ccc(F)c(F)c1. The van der Waals surface area contributed by atoms with Crippen molar-refractivity contribution < 1.29 is 13.9 Å². The summed E-state index contributed by atoms with van der Waals surface area (Å²) in [5.41, 5.74) is 0.313. The Morgan fingerprint density at radius 3 is 2.50 bits per heavy atom. The second-order valence-corrected chi connectivity index (χ2v) is 3.35. The van der Waals surface area contributed by atoms with Crippen molar-refractivity contribution >= 4 is 0 Å². The number of aliphatic hydroxyl groups excluding tert-OH is 1. The lowest BCUT2D eigenvalue weighted by molar-refractivity contribution is 0.155. The van der Waals surface area contributed by atoms with Crippen molar-refractivity contribution in [2.75, 3.05) is 0 Å². The first-order valence-electron chi connectivity index (χ1n) is 4.62. The van der Waals surface area contributed by atoms with Gasteiger partial charge in [-0.25, -0.2) is 8.78 Å². The first kappa shape index (κ1) is 10.7. The van der Waals surface area contributed by atoms with E-state index in [0.717, 1.165) is 12.1 Å². The summed E-state index contributed by atoms with van der Waals surface area (Å²) in [5.74, 6) is -1.90. The van der Waals surface area contributed by atoms with Crippen LogP contribution in [0.2, 0.25) is 0 Å². The monoisotopic (exact) mass is 225 g/mol. The van der Waals surface area contributed by atoms with E-state index in [1.165, 1.54) is 18.7 Å². The van der Waals surface area contributed by atoms with Crippen LogP contribution in [0, 0.1) is 11.6 Å². The molecule has 0 saturated heterocycles. The number of hydrogen-bond acceptors (Lipinski definition) is 3. The van der Waals surface area contributed by atoms with E-state index in [1.54, 1.807) is 4.57 Å². The Morgan fingerprint density at radius 1 is 1.19 bits per heavy atom. The average molecular weight is 225 g/mol. The Hall–Kier alpha value is -1.82. The summed E-state index contributed by atoms with van der Waals surface area (Å²) in [6, 6.07) is 3.30. The summed E-state index contributed by atoms with van der Waals surface area (Å²) in [6.07, 6.45) is 1.94. The van der Waals surface area contributed by atoms with E-state index in [2.05, 4.69) is 10.2 Å². The molecule has 0 saturated carbocycles. The Kier molecular flexibility index (Phi) is 2.91. The van der Waals surface area contributed by atoms with Crippen molar-refractivity contribution in [2.24, 2.45) is 0 Å². The Balaban J connectivity index is 2.14. The zero-order chi connectivity index (χ0) is 11.5. The summed E-state index contributed by atoms with van der Waals surface area (Å²) in [4.78, 5) is 0. The maximum atomic E-state index is 12.9. The second kappa shape index (κ2) is 4.36. The lowest BCUT2D eigenvalue weighted by Gasteiger charge is -2.11. The van der Waals surface area contributed by atoms with Crippen LogP contribution < -0.4 is 0 Å². The topological polar surface area (TPSA) is 50.9 Å². The van der Waals surface area contributed by atoms with Gasteiger partial charge < -0.3 is 9.67 Å². The highest BCUT2D eigenvalue weighted by atomic mass is 19.2. The number of aromatic nitrogens is 3. The molecule has 4 nitrogen and oxygen atoms in total. The standard InChI is InChI=1S/C10H9F2N3O/c11-8-2-1-7(3-9(8)12)10(16)4-15-5-13-14-6-15/h1-3,5-6,10,16H,4H2. The summed E-state index contributed by atoms with van der Waals surface area (Å²) in [6.45, 7) is 0.193. The Bertz CT molecular complexity index is 473. The number of aliphatic hydroxyl groups is 1. The van der Waals surface area contributed by atoms with Crippen LogP contribution >= 0.6 is 0 Å². The quantitative estimate of drug-likeness (QED) is 0.856. The summed E-state index contributed by atoms with van der Waals surface area (Å²) >= 11 is 0. The molecule has 1 heterocycles. The molecule has 0 spiro atoms.